The summed E-state index contributed by atoms with van der Waals surface area (Å²) in [6.45, 7) is 9.67. The number of thiocarbonyl (C=S) groups is 2. The third kappa shape index (κ3) is 7.81. The third-order valence-electron chi connectivity index (χ3n) is 4.49. The zero-order valence-electron chi connectivity index (χ0n) is 17.4. The molecule has 0 aliphatic rings. The fourth-order valence-electron chi connectivity index (χ4n) is 2.65. The number of methoxy groups -OCH3 is 1. The lowest BCUT2D eigenvalue weighted by Gasteiger charge is -2.25. The standard InChI is InChI=1S/C22H28N2OS4/c1-5-23(15-18-9-7-17(3)8-10-18)21(26)28-29-22(27)24(6-2)16-19-11-13-20(25-4)14-12-19/h7-14H,5-6,15-16H2,1-4H3. The van der Waals surface area contributed by atoms with Crippen LogP contribution in [0.15, 0.2) is 48.5 Å². The second-order valence-electron chi connectivity index (χ2n) is 6.56. The molecule has 0 atom stereocenters. The van der Waals surface area contributed by atoms with Gasteiger partial charge in [-0.25, -0.2) is 0 Å². The maximum Gasteiger partial charge on any atom is 0.147 e. The van der Waals surface area contributed by atoms with Crippen LogP contribution in [0.5, 0.6) is 5.75 Å². The summed E-state index contributed by atoms with van der Waals surface area (Å²) in [5, 5.41) is 0. The molecule has 2 aromatic carbocycles. The zero-order valence-corrected chi connectivity index (χ0v) is 20.6. The number of nitrogens with zero attached hydrogens (tertiary/aromatic N) is 2. The Kier molecular flexibility index (Phi) is 10.3. The van der Waals surface area contributed by atoms with E-state index in [0.717, 1.165) is 40.6 Å². The molecule has 0 unspecified atom stereocenters. The van der Waals surface area contributed by atoms with Gasteiger partial charge in [-0.15, -0.1) is 0 Å². The molecule has 0 heterocycles. The van der Waals surface area contributed by atoms with Crippen molar-refractivity contribution in [3.63, 3.8) is 0 Å². The van der Waals surface area contributed by atoms with Gasteiger partial charge in [0.1, 0.15) is 14.4 Å². The summed E-state index contributed by atoms with van der Waals surface area (Å²) >= 11 is 11.3. The fourth-order valence-corrected chi connectivity index (χ4v) is 5.45. The molecule has 29 heavy (non-hydrogen) atoms. The second kappa shape index (κ2) is 12.4. The Hall–Kier alpha value is -1.28. The minimum atomic E-state index is 0.778. The van der Waals surface area contributed by atoms with E-state index in [1.54, 1.807) is 28.7 Å². The van der Waals surface area contributed by atoms with Crippen molar-refractivity contribution in [2.24, 2.45) is 0 Å². The Balaban J connectivity index is 1.88. The average molecular weight is 465 g/mol. The first kappa shape index (κ1) is 24.0. The van der Waals surface area contributed by atoms with Crippen molar-refractivity contribution in [2.75, 3.05) is 20.2 Å². The van der Waals surface area contributed by atoms with Gasteiger partial charge >= 0.3 is 0 Å². The quantitative estimate of drug-likeness (QED) is 0.348. The minimum absolute atomic E-state index is 0.778. The molecular weight excluding hydrogens is 437 g/mol. The molecule has 0 saturated heterocycles. The van der Waals surface area contributed by atoms with Gasteiger partial charge in [0.25, 0.3) is 0 Å². The van der Waals surface area contributed by atoms with Crippen LogP contribution in [0.3, 0.4) is 0 Å². The van der Waals surface area contributed by atoms with Gasteiger partial charge < -0.3 is 14.5 Å². The Labute approximate surface area is 193 Å². The molecule has 0 bridgehead atoms. The van der Waals surface area contributed by atoms with Gasteiger partial charge in [0.15, 0.2) is 0 Å². The first-order valence-corrected chi connectivity index (χ1v) is 12.5. The molecule has 156 valence electrons. The lowest BCUT2D eigenvalue weighted by atomic mass is 10.1. The van der Waals surface area contributed by atoms with Gasteiger partial charge in [0.2, 0.25) is 0 Å². The number of aryl methyl sites for hydroxylation is 1. The van der Waals surface area contributed by atoms with Crippen molar-refractivity contribution >= 4 is 54.7 Å². The molecule has 0 aliphatic heterocycles. The Morgan fingerprint density at radius 3 is 1.59 bits per heavy atom. The van der Waals surface area contributed by atoms with Crippen LogP contribution >= 0.6 is 46.0 Å². The lowest BCUT2D eigenvalue weighted by molar-refractivity contribution is 0.413. The van der Waals surface area contributed by atoms with Gasteiger partial charge in [-0.05, 0) is 65.6 Å². The van der Waals surface area contributed by atoms with Gasteiger partial charge in [-0.3, -0.25) is 0 Å². The molecule has 0 amide bonds. The number of ether oxygens (including phenoxy) is 1. The molecule has 0 saturated carbocycles. The summed E-state index contributed by atoms with van der Waals surface area (Å²) in [6, 6.07) is 16.7. The summed E-state index contributed by atoms with van der Waals surface area (Å²) in [7, 11) is 4.82. The van der Waals surface area contributed by atoms with Crippen molar-refractivity contribution in [3.05, 3.63) is 65.2 Å². The van der Waals surface area contributed by atoms with Gasteiger partial charge in [-0.2, -0.15) is 0 Å². The highest BCUT2D eigenvalue weighted by Crippen LogP contribution is 2.30. The number of hydrogen-bond donors (Lipinski definition) is 0. The van der Waals surface area contributed by atoms with Crippen LogP contribution in [0.25, 0.3) is 0 Å². The van der Waals surface area contributed by atoms with Crippen molar-refractivity contribution in [1.29, 1.82) is 0 Å². The van der Waals surface area contributed by atoms with Gasteiger partial charge in [0.05, 0.1) is 7.11 Å². The molecule has 3 nitrogen and oxygen atoms in total. The van der Waals surface area contributed by atoms with Crippen molar-refractivity contribution in [3.8, 4) is 5.75 Å². The van der Waals surface area contributed by atoms with E-state index in [-0.39, 0.29) is 0 Å². The highest BCUT2D eigenvalue weighted by Gasteiger charge is 2.14. The topological polar surface area (TPSA) is 15.7 Å². The van der Waals surface area contributed by atoms with Gasteiger partial charge in [-0.1, -0.05) is 66.4 Å². The SMILES string of the molecule is CCN(Cc1ccc(C)cc1)C(=S)SSC(=S)N(CC)Cc1ccc(OC)cc1. The third-order valence-corrected chi connectivity index (χ3v) is 8.22. The molecular formula is C22H28N2OS4. The predicted molar refractivity (Wildman–Crippen MR) is 137 cm³/mol. The summed E-state index contributed by atoms with van der Waals surface area (Å²) in [6.07, 6.45) is 0. The van der Waals surface area contributed by atoms with Crippen molar-refractivity contribution in [2.45, 2.75) is 33.9 Å². The maximum absolute atomic E-state index is 5.67. The van der Waals surface area contributed by atoms with Crippen LogP contribution in [0.1, 0.15) is 30.5 Å². The smallest absolute Gasteiger partial charge is 0.147 e. The van der Waals surface area contributed by atoms with E-state index in [2.05, 4.69) is 67.0 Å². The molecule has 0 fully saturated rings. The Morgan fingerprint density at radius 2 is 1.21 bits per heavy atom. The first-order valence-electron chi connectivity index (χ1n) is 9.57. The second-order valence-corrected chi connectivity index (χ2v) is 9.96. The molecule has 0 aromatic heterocycles. The molecule has 0 aliphatic carbocycles. The fraction of sp³-hybridized carbons (Fsp3) is 0.364. The summed E-state index contributed by atoms with van der Waals surface area (Å²) in [4.78, 5) is 4.40. The van der Waals surface area contributed by atoms with E-state index in [1.165, 1.54) is 16.7 Å². The molecule has 2 rings (SSSR count). The average Bonchev–Trinajstić information content (AvgIpc) is 2.75. The minimum Gasteiger partial charge on any atom is -0.497 e. The molecule has 0 spiro atoms. The Morgan fingerprint density at radius 1 is 0.793 bits per heavy atom. The molecule has 2 aromatic rings. The van der Waals surface area contributed by atoms with Crippen LogP contribution in [0.2, 0.25) is 0 Å². The van der Waals surface area contributed by atoms with Crippen molar-refractivity contribution < 1.29 is 4.74 Å². The molecule has 0 radical (unpaired) electrons. The lowest BCUT2D eigenvalue weighted by Crippen LogP contribution is -2.28. The van der Waals surface area contributed by atoms with E-state index >= 15 is 0 Å². The van der Waals surface area contributed by atoms with Crippen LogP contribution in [0, 0.1) is 6.92 Å². The molecule has 7 heteroatoms. The largest absolute Gasteiger partial charge is 0.497 e. The van der Waals surface area contributed by atoms with E-state index in [9.17, 15) is 0 Å². The zero-order chi connectivity index (χ0) is 21.2. The molecule has 0 N–H and O–H groups in total. The van der Waals surface area contributed by atoms with E-state index in [4.69, 9.17) is 29.2 Å². The summed E-state index contributed by atoms with van der Waals surface area (Å²) < 4.78 is 6.94. The van der Waals surface area contributed by atoms with Gasteiger partial charge in [0, 0.05) is 26.2 Å². The monoisotopic (exact) mass is 464 g/mol. The van der Waals surface area contributed by atoms with E-state index in [1.807, 2.05) is 12.1 Å². The number of benzene rings is 2. The maximum atomic E-state index is 5.67. The van der Waals surface area contributed by atoms with E-state index < -0.39 is 0 Å². The van der Waals surface area contributed by atoms with Crippen molar-refractivity contribution in [1.82, 2.24) is 9.80 Å². The van der Waals surface area contributed by atoms with E-state index in [0.29, 0.717) is 0 Å². The summed E-state index contributed by atoms with van der Waals surface area (Å²) in [5.74, 6) is 0.864. The Bertz CT molecular complexity index is 793. The normalized spacial score (nSPS) is 10.5. The van der Waals surface area contributed by atoms with Crippen LogP contribution < -0.4 is 4.74 Å². The number of rotatable bonds is 7. The van der Waals surface area contributed by atoms with Crippen LogP contribution in [-0.2, 0) is 13.1 Å². The number of hydrogen-bond acceptors (Lipinski definition) is 5. The summed E-state index contributed by atoms with van der Waals surface area (Å²) in [5.41, 5.74) is 3.74. The highest BCUT2D eigenvalue weighted by molar-refractivity contribution is 8.89. The van der Waals surface area contributed by atoms with Crippen LogP contribution in [0.4, 0.5) is 0 Å². The highest BCUT2D eigenvalue weighted by atomic mass is 33.1. The first-order chi connectivity index (χ1) is 14.0. The predicted octanol–water partition coefficient (Wildman–Crippen LogP) is 6.30. The van der Waals surface area contributed by atoms with Crippen LogP contribution in [-0.4, -0.2) is 38.6 Å².